The van der Waals surface area contributed by atoms with E-state index >= 15 is 0 Å². The highest BCUT2D eigenvalue weighted by Crippen LogP contribution is 2.19. The standard InChI is InChI=1S/C16H27N3O2.C4H4O4/c1-2-9-19-15(6-1)14-16(17-19)21-12-4-3-7-18-8-5-11-20-13-10-18;5-3(6)1-2-4(7)8/h14H,1-13H2;1-2H,(H,5,6)(H,7,8)/b;2-1-. The summed E-state index contributed by atoms with van der Waals surface area (Å²) in [4.78, 5) is 21.6. The zero-order chi connectivity index (χ0) is 20.9. The molecular formula is C20H31N3O6. The van der Waals surface area contributed by atoms with Crippen LogP contribution in [0.3, 0.4) is 0 Å². The highest BCUT2D eigenvalue weighted by molar-refractivity contribution is 5.89. The normalized spacial score (nSPS) is 17.1. The Morgan fingerprint density at radius 3 is 2.59 bits per heavy atom. The monoisotopic (exact) mass is 409 g/mol. The lowest BCUT2D eigenvalue weighted by Gasteiger charge is -2.18. The van der Waals surface area contributed by atoms with Gasteiger partial charge in [-0.2, -0.15) is 0 Å². The average molecular weight is 409 g/mol. The molecule has 0 radical (unpaired) electrons. The molecular weight excluding hydrogens is 378 g/mol. The van der Waals surface area contributed by atoms with Crippen LogP contribution in [0.2, 0.25) is 0 Å². The average Bonchev–Trinajstić information content (AvgIpc) is 2.93. The van der Waals surface area contributed by atoms with Crippen molar-refractivity contribution in [1.82, 2.24) is 14.7 Å². The summed E-state index contributed by atoms with van der Waals surface area (Å²) < 4.78 is 13.4. The van der Waals surface area contributed by atoms with Gasteiger partial charge in [-0.15, -0.1) is 5.10 Å². The van der Waals surface area contributed by atoms with Crippen molar-refractivity contribution in [1.29, 1.82) is 0 Å². The van der Waals surface area contributed by atoms with Crippen molar-refractivity contribution in [3.8, 4) is 5.88 Å². The van der Waals surface area contributed by atoms with E-state index < -0.39 is 11.9 Å². The van der Waals surface area contributed by atoms with Crippen molar-refractivity contribution < 1.29 is 29.3 Å². The van der Waals surface area contributed by atoms with Crippen LogP contribution >= 0.6 is 0 Å². The summed E-state index contributed by atoms with van der Waals surface area (Å²) in [5.74, 6) is -1.70. The molecule has 162 valence electrons. The summed E-state index contributed by atoms with van der Waals surface area (Å²) >= 11 is 0. The van der Waals surface area contributed by atoms with E-state index in [9.17, 15) is 9.59 Å². The second kappa shape index (κ2) is 12.9. The number of hydrogen-bond donors (Lipinski definition) is 2. The summed E-state index contributed by atoms with van der Waals surface area (Å²) in [5.41, 5.74) is 1.33. The first-order valence-corrected chi connectivity index (χ1v) is 10.2. The van der Waals surface area contributed by atoms with Crippen LogP contribution in [-0.2, 0) is 27.3 Å². The minimum absolute atomic E-state index is 0.558. The lowest BCUT2D eigenvalue weighted by atomic mass is 10.1. The second-order valence-corrected chi connectivity index (χ2v) is 7.03. The molecule has 0 atom stereocenters. The zero-order valence-electron chi connectivity index (χ0n) is 16.8. The van der Waals surface area contributed by atoms with Gasteiger partial charge < -0.3 is 24.6 Å². The van der Waals surface area contributed by atoms with Crippen LogP contribution in [0, 0.1) is 0 Å². The van der Waals surface area contributed by atoms with Crippen LogP contribution in [-0.4, -0.2) is 76.3 Å². The molecule has 3 rings (SSSR count). The molecule has 29 heavy (non-hydrogen) atoms. The smallest absolute Gasteiger partial charge is 0.328 e. The first-order valence-electron chi connectivity index (χ1n) is 10.2. The molecule has 9 nitrogen and oxygen atoms in total. The minimum atomic E-state index is -1.26. The third-order valence-electron chi connectivity index (χ3n) is 4.70. The quantitative estimate of drug-likeness (QED) is 0.494. The predicted octanol–water partition coefficient (Wildman–Crippen LogP) is 1.81. The molecule has 0 amide bonds. The summed E-state index contributed by atoms with van der Waals surface area (Å²) in [6.07, 6.45) is 8.24. The van der Waals surface area contributed by atoms with E-state index in [2.05, 4.69) is 20.7 Å². The van der Waals surface area contributed by atoms with Gasteiger partial charge in [0.2, 0.25) is 5.88 Å². The number of unbranched alkanes of at least 4 members (excludes halogenated alkanes) is 1. The first kappa shape index (κ1) is 22.9. The molecule has 1 aromatic rings. The molecule has 0 aliphatic carbocycles. The van der Waals surface area contributed by atoms with Crippen molar-refractivity contribution in [2.45, 2.75) is 45.1 Å². The molecule has 0 spiro atoms. The fraction of sp³-hybridized carbons (Fsp3) is 0.650. The highest BCUT2D eigenvalue weighted by Gasteiger charge is 2.13. The van der Waals surface area contributed by atoms with Crippen LogP contribution in [0.1, 0.15) is 37.8 Å². The Kier molecular flexibility index (Phi) is 10.2. The number of aromatic nitrogens is 2. The third kappa shape index (κ3) is 9.58. The van der Waals surface area contributed by atoms with Gasteiger partial charge >= 0.3 is 11.9 Å². The Hall–Kier alpha value is -2.39. The van der Waals surface area contributed by atoms with Crippen LogP contribution in [0.15, 0.2) is 18.2 Å². The van der Waals surface area contributed by atoms with Crippen LogP contribution < -0.4 is 4.74 Å². The maximum Gasteiger partial charge on any atom is 0.328 e. The number of rotatable bonds is 8. The topological polar surface area (TPSA) is 114 Å². The van der Waals surface area contributed by atoms with E-state index in [1.807, 2.05) is 0 Å². The molecule has 0 aromatic carbocycles. The van der Waals surface area contributed by atoms with Crippen LogP contribution in [0.4, 0.5) is 0 Å². The van der Waals surface area contributed by atoms with E-state index in [4.69, 9.17) is 19.7 Å². The molecule has 2 aliphatic rings. The number of nitrogens with zero attached hydrogens (tertiary/aromatic N) is 3. The Morgan fingerprint density at radius 2 is 1.86 bits per heavy atom. The van der Waals surface area contributed by atoms with Gasteiger partial charge in [-0.1, -0.05) is 0 Å². The van der Waals surface area contributed by atoms with E-state index in [-0.39, 0.29) is 0 Å². The van der Waals surface area contributed by atoms with Gasteiger partial charge in [0.1, 0.15) is 0 Å². The molecule has 1 saturated heterocycles. The molecule has 3 heterocycles. The number of ether oxygens (including phenoxy) is 2. The van der Waals surface area contributed by atoms with Gasteiger partial charge in [0.15, 0.2) is 0 Å². The number of carboxylic acid groups (broad SMARTS) is 2. The lowest BCUT2D eigenvalue weighted by molar-refractivity contribution is -0.134. The number of carbonyl (C=O) groups is 2. The van der Waals surface area contributed by atoms with Crippen molar-refractivity contribution in [3.63, 3.8) is 0 Å². The fourth-order valence-corrected chi connectivity index (χ4v) is 3.24. The van der Waals surface area contributed by atoms with Crippen molar-refractivity contribution in [2.75, 3.05) is 39.5 Å². The Balaban J connectivity index is 0.000000321. The highest BCUT2D eigenvalue weighted by atomic mass is 16.5. The maximum atomic E-state index is 9.55. The zero-order valence-corrected chi connectivity index (χ0v) is 16.8. The molecule has 1 fully saturated rings. The predicted molar refractivity (Wildman–Crippen MR) is 106 cm³/mol. The van der Waals surface area contributed by atoms with E-state index in [0.717, 1.165) is 64.6 Å². The fourth-order valence-electron chi connectivity index (χ4n) is 3.24. The van der Waals surface area contributed by atoms with Crippen LogP contribution in [0.25, 0.3) is 0 Å². The van der Waals surface area contributed by atoms with E-state index in [1.54, 1.807) is 0 Å². The molecule has 0 bridgehead atoms. The van der Waals surface area contributed by atoms with Gasteiger partial charge in [-0.25, -0.2) is 9.59 Å². The van der Waals surface area contributed by atoms with Crippen LogP contribution in [0.5, 0.6) is 5.88 Å². The number of hydrogen-bond acceptors (Lipinski definition) is 6. The first-order chi connectivity index (χ1) is 14.0. The van der Waals surface area contributed by atoms with Gasteiger partial charge in [0.05, 0.1) is 13.2 Å². The molecule has 0 unspecified atom stereocenters. The molecule has 0 saturated carbocycles. The van der Waals surface area contributed by atoms with Crippen molar-refractivity contribution in [3.05, 3.63) is 23.9 Å². The number of aryl methyl sites for hydroxylation is 2. The Labute approximate surface area is 170 Å². The Morgan fingerprint density at radius 1 is 1.07 bits per heavy atom. The van der Waals surface area contributed by atoms with Gasteiger partial charge in [-0.05, 0) is 45.1 Å². The largest absolute Gasteiger partial charge is 0.478 e. The third-order valence-corrected chi connectivity index (χ3v) is 4.70. The van der Waals surface area contributed by atoms with Gasteiger partial charge in [-0.3, -0.25) is 4.68 Å². The molecule has 2 N–H and O–H groups in total. The number of fused-ring (bicyclic) bond motifs is 1. The molecule has 1 aromatic heterocycles. The summed E-state index contributed by atoms with van der Waals surface area (Å²) in [6, 6.07) is 2.12. The summed E-state index contributed by atoms with van der Waals surface area (Å²) in [7, 11) is 0. The maximum absolute atomic E-state index is 9.55. The molecule has 2 aliphatic heterocycles. The second-order valence-electron chi connectivity index (χ2n) is 7.03. The van der Waals surface area contributed by atoms with Crippen molar-refractivity contribution in [2.24, 2.45) is 0 Å². The summed E-state index contributed by atoms with van der Waals surface area (Å²) in [5, 5.41) is 20.1. The number of carboxylic acids is 2. The van der Waals surface area contributed by atoms with E-state index in [1.165, 1.54) is 31.5 Å². The van der Waals surface area contributed by atoms with E-state index in [0.29, 0.717) is 12.2 Å². The Bertz CT molecular complexity index is 626. The molecule has 9 heteroatoms. The summed E-state index contributed by atoms with van der Waals surface area (Å²) in [6.45, 7) is 7.05. The SMILES string of the molecule is O=C(O)/C=C\C(=O)O.c1c(OCCCCN2CCCOCC2)nn2c1CCCC2. The lowest BCUT2D eigenvalue weighted by Crippen LogP contribution is -2.27. The van der Waals surface area contributed by atoms with Crippen molar-refractivity contribution >= 4 is 11.9 Å². The van der Waals surface area contributed by atoms with Gasteiger partial charge in [0.25, 0.3) is 0 Å². The number of aliphatic carboxylic acids is 2. The van der Waals surface area contributed by atoms with Gasteiger partial charge in [0, 0.05) is 50.2 Å². The minimum Gasteiger partial charge on any atom is -0.478 e.